The molecule has 0 amide bonds. The Hall–Kier alpha value is -1.11. The molecule has 1 fully saturated rings. The Kier molecular flexibility index (Phi) is 1.93. The Balaban J connectivity index is 2.46. The Bertz CT molecular complexity index is 814. The molecule has 20 heavy (non-hydrogen) atoms. The van der Waals surface area contributed by atoms with Crippen LogP contribution in [0.25, 0.3) is 0 Å². The lowest BCUT2D eigenvalue weighted by Crippen LogP contribution is -2.41. The molecule has 0 spiro atoms. The molecule has 2 rings (SSSR count). The third-order valence-electron chi connectivity index (χ3n) is 3.30. The van der Waals surface area contributed by atoms with Crippen LogP contribution in [0, 0.1) is 0 Å². The summed E-state index contributed by atoms with van der Waals surface area (Å²) in [5, 5.41) is 0. The number of pyridine rings is 1. The summed E-state index contributed by atoms with van der Waals surface area (Å²) in [7, 11) is -4.49. The number of hydrogen-bond donors (Lipinski definition) is 0. The molecule has 0 aliphatic carbocycles. The van der Waals surface area contributed by atoms with Crippen LogP contribution in [0.15, 0.2) is 18.1 Å². The molecule has 1 aromatic rings. The van der Waals surface area contributed by atoms with Crippen molar-refractivity contribution in [2.75, 3.05) is 20.2 Å². The van der Waals surface area contributed by atoms with Gasteiger partial charge in [0, 0.05) is 13.1 Å². The normalized spacial score (nSPS) is 29.5. The lowest BCUT2D eigenvalue weighted by atomic mass is 9.84. The third kappa shape index (κ3) is 3.14. The first-order chi connectivity index (χ1) is 13.2. The monoisotopic (exact) mass is 289 g/mol. The standard InChI is InChI=1S/C14H22BNO4/c1-13(2)14(3,4)20-15(19-13)11-7-6-8-12(16-11)18-10-9-17-5/h6-8H,9-10H2,1-5H3/i5D3,6D,7D,8D,9D2,10D2. The molecule has 0 atom stereocenters. The maximum absolute atomic E-state index is 8.08. The predicted octanol–water partition coefficient (Wildman–Crippen LogP) is 1.41. The van der Waals surface area contributed by atoms with Crippen LogP contribution in [-0.2, 0) is 14.0 Å². The van der Waals surface area contributed by atoms with Gasteiger partial charge in [-0.25, -0.2) is 4.98 Å². The van der Waals surface area contributed by atoms with Crippen molar-refractivity contribution in [2.24, 2.45) is 0 Å². The van der Waals surface area contributed by atoms with Crippen molar-refractivity contribution in [1.82, 2.24) is 4.98 Å². The molecule has 110 valence electrons. The fraction of sp³-hybridized carbons (Fsp3) is 0.643. The smallest absolute Gasteiger partial charge is 0.475 e. The summed E-state index contributed by atoms with van der Waals surface area (Å²) in [5.41, 5.74) is -1.89. The molecule has 1 aliphatic rings. The largest absolute Gasteiger partial charge is 0.514 e. The van der Waals surface area contributed by atoms with E-state index in [0.29, 0.717) is 0 Å². The van der Waals surface area contributed by atoms with Crippen LogP contribution in [0.3, 0.4) is 0 Å². The van der Waals surface area contributed by atoms with Gasteiger partial charge in [-0.05, 0) is 33.7 Å². The van der Waals surface area contributed by atoms with E-state index in [4.69, 9.17) is 27.8 Å². The van der Waals surface area contributed by atoms with Crippen LogP contribution in [0.4, 0.5) is 0 Å². The SMILES string of the molecule is [2H]c1c(OC([2H])([2H])C([2H])([2H])OC([2H])([2H])[2H])nc(B2OC(C)(C)C(C)(C)O2)c([2H])c1[2H]. The number of hydrogen-bond acceptors (Lipinski definition) is 5. The van der Waals surface area contributed by atoms with Crippen LogP contribution >= 0.6 is 0 Å². The van der Waals surface area contributed by atoms with Crippen LogP contribution in [0.2, 0.25) is 0 Å². The van der Waals surface area contributed by atoms with Gasteiger partial charge >= 0.3 is 7.12 Å². The van der Waals surface area contributed by atoms with E-state index in [2.05, 4.69) is 9.72 Å². The minimum Gasteiger partial charge on any atom is -0.475 e. The van der Waals surface area contributed by atoms with Crippen LogP contribution in [-0.4, -0.2) is 43.5 Å². The Morgan fingerprint density at radius 2 is 2.00 bits per heavy atom. The highest BCUT2D eigenvalue weighted by Gasteiger charge is 2.52. The number of methoxy groups -OCH3 is 1. The topological polar surface area (TPSA) is 49.8 Å². The number of aromatic nitrogens is 1. The van der Waals surface area contributed by atoms with Gasteiger partial charge in [0.2, 0.25) is 5.88 Å². The first-order valence-electron chi connectivity index (χ1n) is 10.9. The van der Waals surface area contributed by atoms with Crippen molar-refractivity contribution in [3.05, 3.63) is 18.1 Å². The highest BCUT2D eigenvalue weighted by atomic mass is 16.7. The summed E-state index contributed by atoms with van der Waals surface area (Å²) in [6.45, 7) is 0.107. The summed E-state index contributed by atoms with van der Waals surface area (Å²) in [6.07, 6.45) is 0. The zero-order valence-corrected chi connectivity index (χ0v) is 11.7. The van der Waals surface area contributed by atoms with Gasteiger partial charge in [-0.15, -0.1) is 0 Å². The van der Waals surface area contributed by atoms with Gasteiger partial charge in [0.25, 0.3) is 0 Å². The van der Waals surface area contributed by atoms with E-state index in [1.807, 2.05) is 0 Å². The molecule has 1 aromatic heterocycles. The zero-order valence-electron chi connectivity index (χ0n) is 21.7. The molecular weight excluding hydrogens is 257 g/mol. The van der Waals surface area contributed by atoms with Crippen LogP contribution in [0.5, 0.6) is 5.88 Å². The van der Waals surface area contributed by atoms with Crippen molar-refractivity contribution in [1.29, 1.82) is 0 Å². The highest BCUT2D eigenvalue weighted by molar-refractivity contribution is 6.61. The summed E-state index contributed by atoms with van der Waals surface area (Å²) in [4.78, 5) is 3.87. The molecule has 0 N–H and O–H groups in total. The van der Waals surface area contributed by atoms with Gasteiger partial charge in [0.15, 0.2) is 0 Å². The molecule has 1 saturated heterocycles. The molecular formula is C14H22BNO4. The number of nitrogens with zero attached hydrogens (tertiary/aromatic N) is 1. The molecule has 0 saturated carbocycles. The van der Waals surface area contributed by atoms with Crippen molar-refractivity contribution in [3.8, 4) is 5.88 Å². The van der Waals surface area contributed by atoms with E-state index in [1.54, 1.807) is 27.7 Å². The predicted molar refractivity (Wildman–Crippen MR) is 77.3 cm³/mol. The highest BCUT2D eigenvalue weighted by Crippen LogP contribution is 2.36. The fourth-order valence-electron chi connectivity index (χ4n) is 1.52. The van der Waals surface area contributed by atoms with E-state index in [0.717, 1.165) is 0 Å². The van der Waals surface area contributed by atoms with E-state index in [1.165, 1.54) is 0 Å². The fourth-order valence-corrected chi connectivity index (χ4v) is 1.52. The molecule has 6 heteroatoms. The Morgan fingerprint density at radius 3 is 2.65 bits per heavy atom. The number of ether oxygens (including phenoxy) is 2. The first-order valence-corrected chi connectivity index (χ1v) is 5.93. The van der Waals surface area contributed by atoms with Gasteiger partial charge in [-0.2, -0.15) is 0 Å². The van der Waals surface area contributed by atoms with Crippen LogP contribution in [0.1, 0.15) is 41.4 Å². The average Bonchev–Trinajstić information content (AvgIpc) is 2.73. The van der Waals surface area contributed by atoms with Gasteiger partial charge in [-0.3, -0.25) is 0 Å². The van der Waals surface area contributed by atoms with E-state index >= 15 is 0 Å². The second-order valence-electron chi connectivity index (χ2n) is 5.17. The van der Waals surface area contributed by atoms with Gasteiger partial charge in [0.05, 0.1) is 37.1 Å². The van der Waals surface area contributed by atoms with Crippen molar-refractivity contribution >= 4 is 12.7 Å². The summed E-state index contributed by atoms with van der Waals surface area (Å²) in [5.74, 6) is -0.844. The van der Waals surface area contributed by atoms with Crippen molar-refractivity contribution in [2.45, 2.75) is 38.9 Å². The van der Waals surface area contributed by atoms with E-state index in [-0.39, 0.29) is 5.59 Å². The average molecular weight is 289 g/mol. The maximum Gasteiger partial charge on any atom is 0.514 e. The van der Waals surface area contributed by atoms with E-state index < -0.39 is 62.5 Å². The molecule has 1 aliphatic heterocycles. The van der Waals surface area contributed by atoms with Gasteiger partial charge in [-0.1, -0.05) is 6.04 Å². The molecule has 2 heterocycles. The van der Waals surface area contributed by atoms with Crippen molar-refractivity contribution < 1.29 is 32.5 Å². The molecule has 0 radical (unpaired) electrons. The third-order valence-corrected chi connectivity index (χ3v) is 3.30. The summed E-state index contributed by atoms with van der Waals surface area (Å²) >= 11 is 0. The van der Waals surface area contributed by atoms with Crippen molar-refractivity contribution in [3.63, 3.8) is 0 Å². The van der Waals surface area contributed by atoms with Crippen LogP contribution < -0.4 is 10.3 Å². The Labute approximate surface area is 134 Å². The maximum atomic E-state index is 8.08. The minimum absolute atomic E-state index is 0.266. The molecule has 5 nitrogen and oxygen atoms in total. The zero-order chi connectivity index (χ0) is 23.5. The Morgan fingerprint density at radius 1 is 1.30 bits per heavy atom. The molecule has 0 bridgehead atoms. The first kappa shape index (κ1) is 6.77. The lowest BCUT2D eigenvalue weighted by molar-refractivity contribution is 0.00578. The second-order valence-corrected chi connectivity index (χ2v) is 5.17. The minimum atomic E-state index is -3.46. The summed E-state index contributed by atoms with van der Waals surface area (Å²) < 4.78 is 96.2. The number of rotatable bonds is 5. The lowest BCUT2D eigenvalue weighted by Gasteiger charge is -2.32. The molecule has 0 unspecified atom stereocenters. The van der Waals surface area contributed by atoms with Gasteiger partial charge in [0.1, 0.15) is 6.56 Å². The molecule has 0 aromatic carbocycles. The van der Waals surface area contributed by atoms with E-state index in [9.17, 15) is 0 Å². The quantitative estimate of drug-likeness (QED) is 0.767. The van der Waals surface area contributed by atoms with Gasteiger partial charge < -0.3 is 18.8 Å². The second kappa shape index (κ2) is 5.72. The summed E-state index contributed by atoms with van der Waals surface area (Å²) in [6, 6.07) is -1.99.